The number of nitrogens with one attached hydrogen (secondary N) is 1. The summed E-state index contributed by atoms with van der Waals surface area (Å²) in [5.41, 5.74) is 6.00. The van der Waals surface area contributed by atoms with E-state index >= 15 is 0 Å². The Hall–Kier alpha value is -3.40. The number of anilines is 1. The van der Waals surface area contributed by atoms with Gasteiger partial charge in [-0.1, -0.05) is 35.9 Å². The number of ether oxygens (including phenoxy) is 1. The summed E-state index contributed by atoms with van der Waals surface area (Å²) in [6.07, 6.45) is 5.08. The van der Waals surface area contributed by atoms with E-state index in [1.54, 1.807) is 18.3 Å². The quantitative estimate of drug-likeness (QED) is 0.602. The van der Waals surface area contributed by atoms with Crippen molar-refractivity contribution in [3.05, 3.63) is 94.8 Å². The molecule has 4 heteroatoms. The van der Waals surface area contributed by atoms with E-state index in [2.05, 4.69) is 29.4 Å². The number of hydrogen-bond acceptors (Lipinski definition) is 3. The molecular weight excluding hydrogens is 348 g/mol. The van der Waals surface area contributed by atoms with Crippen LogP contribution in [-0.4, -0.2) is 10.9 Å². The first-order valence-corrected chi connectivity index (χ1v) is 9.21. The lowest BCUT2D eigenvalue weighted by Gasteiger charge is -2.11. The summed E-state index contributed by atoms with van der Waals surface area (Å²) < 4.78 is 5.72. The third-order valence-electron chi connectivity index (χ3n) is 4.35. The van der Waals surface area contributed by atoms with E-state index in [9.17, 15) is 4.79 Å². The second kappa shape index (κ2) is 9.00. The van der Waals surface area contributed by atoms with Crippen LogP contribution in [0, 0.1) is 20.8 Å². The third kappa shape index (κ3) is 5.30. The zero-order valence-electron chi connectivity index (χ0n) is 16.4. The zero-order chi connectivity index (χ0) is 19.9. The largest absolute Gasteiger partial charge is 0.487 e. The Labute approximate surface area is 165 Å². The maximum atomic E-state index is 12.3. The standard InChI is InChI=1S/C24H24N2O2/c1-17-14-18(2)24(19(3)15-17)26-23(27)12-9-20-7-10-22(11-8-20)28-16-21-6-4-5-13-25-21/h4-15H,16H2,1-3H3,(H,26,27)/b12-9+. The maximum Gasteiger partial charge on any atom is 0.248 e. The van der Waals surface area contributed by atoms with Crippen molar-refractivity contribution < 1.29 is 9.53 Å². The fraction of sp³-hybridized carbons (Fsp3) is 0.167. The van der Waals surface area contributed by atoms with Gasteiger partial charge >= 0.3 is 0 Å². The molecular formula is C24H24N2O2. The summed E-state index contributed by atoms with van der Waals surface area (Å²) >= 11 is 0. The molecule has 0 fully saturated rings. The topological polar surface area (TPSA) is 51.2 Å². The Morgan fingerprint density at radius 2 is 1.75 bits per heavy atom. The van der Waals surface area contributed by atoms with Gasteiger partial charge in [0.25, 0.3) is 0 Å². The molecule has 4 nitrogen and oxygen atoms in total. The maximum absolute atomic E-state index is 12.3. The van der Waals surface area contributed by atoms with Gasteiger partial charge in [0, 0.05) is 18.0 Å². The number of carbonyl (C=O) groups excluding carboxylic acids is 1. The summed E-state index contributed by atoms with van der Waals surface area (Å²) in [6, 6.07) is 17.5. The van der Waals surface area contributed by atoms with Gasteiger partial charge in [0.05, 0.1) is 5.69 Å². The van der Waals surface area contributed by atoms with E-state index in [1.807, 2.05) is 56.3 Å². The first kappa shape index (κ1) is 19.4. The second-order valence-electron chi connectivity index (χ2n) is 6.78. The number of hydrogen-bond donors (Lipinski definition) is 1. The van der Waals surface area contributed by atoms with Crippen LogP contribution in [0.15, 0.2) is 66.9 Å². The highest BCUT2D eigenvalue weighted by Crippen LogP contribution is 2.22. The molecule has 2 aromatic carbocycles. The fourth-order valence-electron chi connectivity index (χ4n) is 3.03. The molecule has 0 spiro atoms. The van der Waals surface area contributed by atoms with Crippen molar-refractivity contribution in [1.29, 1.82) is 0 Å². The molecule has 28 heavy (non-hydrogen) atoms. The molecule has 3 rings (SSSR count). The smallest absolute Gasteiger partial charge is 0.248 e. The normalized spacial score (nSPS) is 10.8. The van der Waals surface area contributed by atoms with Gasteiger partial charge in [-0.05, 0) is 67.8 Å². The third-order valence-corrected chi connectivity index (χ3v) is 4.35. The molecule has 0 saturated heterocycles. The molecule has 0 aliphatic carbocycles. The highest BCUT2D eigenvalue weighted by Gasteiger charge is 2.06. The van der Waals surface area contributed by atoms with Gasteiger partial charge in [-0.15, -0.1) is 0 Å². The predicted molar refractivity (Wildman–Crippen MR) is 113 cm³/mol. The van der Waals surface area contributed by atoms with Gasteiger partial charge in [-0.3, -0.25) is 9.78 Å². The summed E-state index contributed by atoms with van der Waals surface area (Å²) in [5.74, 6) is 0.615. The van der Waals surface area contributed by atoms with Crippen molar-refractivity contribution in [2.75, 3.05) is 5.32 Å². The van der Waals surface area contributed by atoms with E-state index in [0.717, 1.165) is 33.8 Å². The van der Waals surface area contributed by atoms with E-state index in [0.29, 0.717) is 6.61 Å². The predicted octanol–water partition coefficient (Wildman–Crippen LogP) is 5.24. The van der Waals surface area contributed by atoms with Crippen molar-refractivity contribution in [2.45, 2.75) is 27.4 Å². The number of benzene rings is 2. The van der Waals surface area contributed by atoms with E-state index in [4.69, 9.17) is 4.74 Å². The van der Waals surface area contributed by atoms with Crippen LogP contribution in [0.4, 0.5) is 5.69 Å². The molecule has 0 aliphatic heterocycles. The van der Waals surface area contributed by atoms with Crippen molar-refractivity contribution in [3.8, 4) is 5.75 Å². The van der Waals surface area contributed by atoms with Crippen LogP contribution in [0.5, 0.6) is 5.75 Å². The number of carbonyl (C=O) groups is 1. The SMILES string of the molecule is Cc1cc(C)c(NC(=O)/C=C/c2ccc(OCc3ccccn3)cc2)c(C)c1. The minimum Gasteiger partial charge on any atom is -0.487 e. The lowest BCUT2D eigenvalue weighted by molar-refractivity contribution is -0.111. The molecule has 0 unspecified atom stereocenters. The van der Waals surface area contributed by atoms with Gasteiger partial charge in [-0.2, -0.15) is 0 Å². The first-order chi connectivity index (χ1) is 13.5. The highest BCUT2D eigenvalue weighted by molar-refractivity contribution is 6.02. The fourth-order valence-corrected chi connectivity index (χ4v) is 3.03. The van der Waals surface area contributed by atoms with E-state index in [-0.39, 0.29) is 5.91 Å². The molecule has 0 aliphatic rings. The molecule has 1 amide bonds. The Balaban J connectivity index is 1.57. The van der Waals surface area contributed by atoms with Crippen molar-refractivity contribution in [1.82, 2.24) is 4.98 Å². The number of rotatable bonds is 6. The summed E-state index contributed by atoms with van der Waals surface area (Å²) in [7, 11) is 0. The Morgan fingerprint density at radius 3 is 2.39 bits per heavy atom. The first-order valence-electron chi connectivity index (χ1n) is 9.21. The highest BCUT2D eigenvalue weighted by atomic mass is 16.5. The van der Waals surface area contributed by atoms with Crippen LogP contribution in [-0.2, 0) is 11.4 Å². The monoisotopic (exact) mass is 372 g/mol. The molecule has 1 heterocycles. The Morgan fingerprint density at radius 1 is 1.04 bits per heavy atom. The molecule has 0 radical (unpaired) electrons. The van der Waals surface area contributed by atoms with Crippen molar-refractivity contribution in [2.24, 2.45) is 0 Å². The molecule has 1 N–H and O–H groups in total. The van der Waals surface area contributed by atoms with Gasteiger partial charge in [-0.25, -0.2) is 0 Å². The number of nitrogens with zero attached hydrogens (tertiary/aromatic N) is 1. The molecule has 0 bridgehead atoms. The molecule has 3 aromatic rings. The summed E-state index contributed by atoms with van der Waals surface area (Å²) in [6.45, 7) is 6.48. The van der Waals surface area contributed by atoms with Gasteiger partial charge < -0.3 is 10.1 Å². The number of pyridine rings is 1. The number of aryl methyl sites for hydroxylation is 3. The summed E-state index contributed by atoms with van der Waals surface area (Å²) in [4.78, 5) is 16.5. The average molecular weight is 372 g/mol. The van der Waals surface area contributed by atoms with Gasteiger partial charge in [0.1, 0.15) is 12.4 Å². The van der Waals surface area contributed by atoms with Crippen molar-refractivity contribution >= 4 is 17.7 Å². The number of amides is 1. The van der Waals surface area contributed by atoms with Crippen LogP contribution in [0.2, 0.25) is 0 Å². The molecule has 0 atom stereocenters. The van der Waals surface area contributed by atoms with Gasteiger partial charge in [0.2, 0.25) is 5.91 Å². The minimum absolute atomic E-state index is 0.148. The van der Waals surface area contributed by atoms with Crippen LogP contribution >= 0.6 is 0 Å². The molecule has 0 saturated carbocycles. The lowest BCUT2D eigenvalue weighted by Crippen LogP contribution is -2.10. The van der Waals surface area contributed by atoms with Crippen LogP contribution in [0.3, 0.4) is 0 Å². The Kier molecular flexibility index (Phi) is 6.22. The zero-order valence-corrected chi connectivity index (χ0v) is 16.4. The average Bonchev–Trinajstić information content (AvgIpc) is 2.69. The molecule has 1 aromatic heterocycles. The van der Waals surface area contributed by atoms with E-state index in [1.165, 1.54) is 5.56 Å². The molecule has 142 valence electrons. The van der Waals surface area contributed by atoms with E-state index < -0.39 is 0 Å². The van der Waals surface area contributed by atoms with Crippen LogP contribution in [0.25, 0.3) is 6.08 Å². The van der Waals surface area contributed by atoms with Gasteiger partial charge in [0.15, 0.2) is 0 Å². The number of aromatic nitrogens is 1. The van der Waals surface area contributed by atoms with Crippen molar-refractivity contribution in [3.63, 3.8) is 0 Å². The Bertz CT molecular complexity index is 954. The second-order valence-corrected chi connectivity index (χ2v) is 6.78. The summed E-state index contributed by atoms with van der Waals surface area (Å²) in [5, 5.41) is 2.97. The van der Waals surface area contributed by atoms with Crippen LogP contribution in [0.1, 0.15) is 27.9 Å². The lowest BCUT2D eigenvalue weighted by atomic mass is 10.1. The van der Waals surface area contributed by atoms with Crippen LogP contribution < -0.4 is 10.1 Å². The minimum atomic E-state index is -0.148.